The first-order chi connectivity index (χ1) is 33.7. The van der Waals surface area contributed by atoms with Gasteiger partial charge in [-0.05, 0) is 91.0 Å². The number of aromatic nitrogens is 3. The summed E-state index contributed by atoms with van der Waals surface area (Å²) < 4.78 is 2.41. The summed E-state index contributed by atoms with van der Waals surface area (Å²) >= 11 is 1.79. The van der Waals surface area contributed by atoms with E-state index in [1.165, 1.54) is 59.1 Å². The van der Waals surface area contributed by atoms with Crippen molar-refractivity contribution in [3.8, 4) is 78.7 Å². The molecule has 0 atom stereocenters. The van der Waals surface area contributed by atoms with Crippen molar-refractivity contribution in [3.63, 3.8) is 0 Å². The predicted molar refractivity (Wildman–Crippen MR) is 283 cm³/mol. The summed E-state index contributed by atoms with van der Waals surface area (Å²) in [5.74, 6) is 1.91. The number of hydrogen-bond acceptors (Lipinski definition) is 4. The van der Waals surface area contributed by atoms with Crippen molar-refractivity contribution in [1.82, 2.24) is 15.0 Å². The normalized spacial score (nSPS) is 12.5. The third-order valence-corrected chi connectivity index (χ3v) is 14.9. The van der Waals surface area contributed by atoms with Crippen molar-refractivity contribution < 1.29 is 0 Å². The maximum Gasteiger partial charge on any atom is 0.165 e. The molecule has 0 spiro atoms. The number of fused-ring (bicyclic) bond motifs is 6. The van der Waals surface area contributed by atoms with Crippen molar-refractivity contribution in [2.24, 2.45) is 0 Å². The van der Waals surface area contributed by atoms with Crippen LogP contribution in [-0.2, 0) is 5.41 Å². The molecule has 2 aromatic heterocycles. The number of thiophene rings is 1. The van der Waals surface area contributed by atoms with Gasteiger partial charge < -0.3 is 0 Å². The average molecular weight is 884 g/mol. The summed E-state index contributed by atoms with van der Waals surface area (Å²) in [5, 5.41) is 2.45. The van der Waals surface area contributed by atoms with Crippen LogP contribution in [0.15, 0.2) is 249 Å². The third-order valence-electron chi connectivity index (χ3n) is 13.6. The van der Waals surface area contributed by atoms with Crippen molar-refractivity contribution >= 4 is 31.5 Å². The van der Waals surface area contributed by atoms with E-state index in [1.807, 2.05) is 6.07 Å². The molecule has 318 valence electrons. The molecule has 13 rings (SSSR count). The Kier molecular flexibility index (Phi) is 9.59. The minimum Gasteiger partial charge on any atom is -0.208 e. The van der Waals surface area contributed by atoms with Crippen LogP contribution in [0.2, 0.25) is 0 Å². The molecule has 4 heteroatoms. The van der Waals surface area contributed by atoms with Crippen LogP contribution >= 0.6 is 11.3 Å². The second-order valence-electron chi connectivity index (χ2n) is 17.4. The Balaban J connectivity index is 0.961. The molecule has 0 bridgehead atoms. The Hall–Kier alpha value is -8.57. The van der Waals surface area contributed by atoms with E-state index in [0.717, 1.165) is 44.5 Å². The predicted octanol–water partition coefficient (Wildman–Crippen LogP) is 16.6. The molecule has 68 heavy (non-hydrogen) atoms. The standard InChI is InChI=1S/C64H41N3S/c1-4-20-42(21-5-1)49-30-10-11-32-53(49)62-65-61(66-63(67-62)55-36-18-35-52-51-31-13-15-39-58(51)68-60(52)55)46-25-17-23-44(41-46)43-22-16-24-45(40-43)50-34-19-38-57-59(50)54-33-12-14-37-56(54)64(57,47-26-6-2-7-27-47)48-28-8-3-9-29-48/h1-41H. The Morgan fingerprint density at radius 1 is 0.294 bits per heavy atom. The van der Waals surface area contributed by atoms with Crippen LogP contribution in [0.1, 0.15) is 22.3 Å². The second kappa shape index (κ2) is 16.4. The molecule has 0 amide bonds. The van der Waals surface area contributed by atoms with Gasteiger partial charge >= 0.3 is 0 Å². The summed E-state index contributed by atoms with van der Waals surface area (Å²) in [6, 6.07) is 89.4. The lowest BCUT2D eigenvalue weighted by molar-refractivity contribution is 0.768. The van der Waals surface area contributed by atoms with Gasteiger partial charge in [0.1, 0.15) is 0 Å². The van der Waals surface area contributed by atoms with Crippen LogP contribution in [-0.4, -0.2) is 15.0 Å². The summed E-state index contributed by atoms with van der Waals surface area (Å²) in [4.78, 5) is 16.0. The highest BCUT2D eigenvalue weighted by Crippen LogP contribution is 2.58. The van der Waals surface area contributed by atoms with Crippen molar-refractivity contribution in [3.05, 3.63) is 271 Å². The molecule has 0 aliphatic heterocycles. The van der Waals surface area contributed by atoms with Gasteiger partial charge in [-0.3, -0.25) is 0 Å². The van der Waals surface area contributed by atoms with Crippen LogP contribution in [0, 0.1) is 0 Å². The zero-order chi connectivity index (χ0) is 45.0. The molecule has 12 aromatic rings. The van der Waals surface area contributed by atoms with E-state index in [9.17, 15) is 0 Å². The fourth-order valence-corrected chi connectivity index (χ4v) is 11.9. The first-order valence-electron chi connectivity index (χ1n) is 23.1. The fourth-order valence-electron chi connectivity index (χ4n) is 10.7. The molecule has 0 saturated heterocycles. The van der Waals surface area contributed by atoms with Crippen LogP contribution < -0.4 is 0 Å². The van der Waals surface area contributed by atoms with Crippen LogP contribution in [0.4, 0.5) is 0 Å². The second-order valence-corrected chi connectivity index (χ2v) is 18.5. The number of nitrogens with zero attached hydrogens (tertiary/aromatic N) is 3. The van der Waals surface area contributed by atoms with Gasteiger partial charge in [-0.25, -0.2) is 15.0 Å². The van der Waals surface area contributed by atoms with E-state index in [-0.39, 0.29) is 0 Å². The number of hydrogen-bond donors (Lipinski definition) is 0. The van der Waals surface area contributed by atoms with E-state index in [1.54, 1.807) is 11.3 Å². The van der Waals surface area contributed by atoms with Gasteiger partial charge in [-0.2, -0.15) is 0 Å². The summed E-state index contributed by atoms with van der Waals surface area (Å²) in [6.45, 7) is 0. The highest BCUT2D eigenvalue weighted by molar-refractivity contribution is 7.26. The van der Waals surface area contributed by atoms with Crippen molar-refractivity contribution in [1.29, 1.82) is 0 Å². The number of rotatable bonds is 8. The SMILES string of the molecule is c1ccc(-c2ccccc2-c2nc(-c3cccc(-c4cccc(-c5cccc6c5-c5ccccc5C6(c5ccccc5)c5ccccc5)c4)c3)nc(-c3cccc4c3sc3ccccc34)n2)cc1. The van der Waals surface area contributed by atoms with Gasteiger partial charge in [-0.15, -0.1) is 11.3 Å². The van der Waals surface area contributed by atoms with E-state index in [4.69, 9.17) is 15.0 Å². The van der Waals surface area contributed by atoms with Gasteiger partial charge in [-0.1, -0.05) is 224 Å². The molecular formula is C64H41N3S. The summed E-state index contributed by atoms with van der Waals surface area (Å²) in [5.41, 5.74) is 16.8. The Morgan fingerprint density at radius 2 is 0.765 bits per heavy atom. The minimum atomic E-state index is -0.469. The maximum absolute atomic E-state index is 5.33. The topological polar surface area (TPSA) is 38.7 Å². The average Bonchev–Trinajstić information content (AvgIpc) is 3.96. The van der Waals surface area contributed by atoms with Crippen molar-refractivity contribution in [2.45, 2.75) is 5.41 Å². The molecular weight excluding hydrogens is 843 g/mol. The van der Waals surface area contributed by atoms with E-state index in [0.29, 0.717) is 17.5 Å². The monoisotopic (exact) mass is 883 g/mol. The molecule has 10 aromatic carbocycles. The summed E-state index contributed by atoms with van der Waals surface area (Å²) in [6.07, 6.45) is 0. The molecule has 1 aliphatic carbocycles. The Labute approximate surface area is 399 Å². The zero-order valence-corrected chi connectivity index (χ0v) is 37.7. The smallest absolute Gasteiger partial charge is 0.165 e. The number of benzene rings is 10. The van der Waals surface area contributed by atoms with E-state index in [2.05, 4.69) is 243 Å². The first-order valence-corrected chi connectivity index (χ1v) is 23.9. The maximum atomic E-state index is 5.33. The van der Waals surface area contributed by atoms with Crippen LogP contribution in [0.5, 0.6) is 0 Å². The van der Waals surface area contributed by atoms with E-state index < -0.39 is 5.41 Å². The van der Waals surface area contributed by atoms with Gasteiger partial charge in [0.15, 0.2) is 17.5 Å². The van der Waals surface area contributed by atoms with Gasteiger partial charge in [0.05, 0.1) is 5.41 Å². The molecule has 1 aliphatic rings. The fraction of sp³-hybridized carbons (Fsp3) is 0.0156. The molecule has 0 N–H and O–H groups in total. The highest BCUT2D eigenvalue weighted by Gasteiger charge is 2.46. The molecule has 0 unspecified atom stereocenters. The van der Waals surface area contributed by atoms with Gasteiger partial charge in [0, 0.05) is 36.9 Å². The third kappa shape index (κ3) is 6.45. The Morgan fingerprint density at radius 3 is 1.51 bits per heavy atom. The molecule has 0 fully saturated rings. The molecule has 3 nitrogen and oxygen atoms in total. The minimum absolute atomic E-state index is 0.469. The molecule has 2 heterocycles. The summed E-state index contributed by atoms with van der Waals surface area (Å²) in [7, 11) is 0. The largest absolute Gasteiger partial charge is 0.208 e. The van der Waals surface area contributed by atoms with Crippen LogP contribution in [0.25, 0.3) is 98.8 Å². The van der Waals surface area contributed by atoms with Crippen LogP contribution in [0.3, 0.4) is 0 Å². The first kappa shape index (κ1) is 39.8. The lowest BCUT2D eigenvalue weighted by Crippen LogP contribution is -2.28. The molecule has 0 saturated carbocycles. The van der Waals surface area contributed by atoms with Crippen molar-refractivity contribution in [2.75, 3.05) is 0 Å². The lowest BCUT2D eigenvalue weighted by atomic mass is 9.67. The Bertz CT molecular complexity index is 3820. The highest BCUT2D eigenvalue weighted by atomic mass is 32.1. The van der Waals surface area contributed by atoms with E-state index >= 15 is 0 Å². The van der Waals surface area contributed by atoms with Gasteiger partial charge in [0.2, 0.25) is 0 Å². The lowest BCUT2D eigenvalue weighted by Gasteiger charge is -2.34. The molecule has 0 radical (unpaired) electrons. The van der Waals surface area contributed by atoms with Gasteiger partial charge in [0.25, 0.3) is 0 Å². The quantitative estimate of drug-likeness (QED) is 0.153. The zero-order valence-electron chi connectivity index (χ0n) is 36.9.